The first-order chi connectivity index (χ1) is 5.29. The van der Waals surface area contributed by atoms with E-state index in [4.69, 9.17) is 4.74 Å². The SMILES string of the molecule is CCOC(=O)[C@]12C[C@H]1CCN2.Cl. The number of carbonyl (C=O) groups is 1. The van der Waals surface area contributed by atoms with Gasteiger partial charge in [-0.15, -0.1) is 12.4 Å². The molecule has 2 aliphatic rings. The number of halogens is 1. The Balaban J connectivity index is 0.000000720. The molecule has 0 bridgehead atoms. The van der Waals surface area contributed by atoms with E-state index in [1.165, 1.54) is 0 Å². The second-order valence-corrected chi connectivity index (χ2v) is 3.31. The summed E-state index contributed by atoms with van der Waals surface area (Å²) in [6.07, 6.45) is 2.13. The Morgan fingerprint density at radius 2 is 2.50 bits per heavy atom. The van der Waals surface area contributed by atoms with E-state index in [0.29, 0.717) is 12.5 Å². The van der Waals surface area contributed by atoms with Crippen molar-refractivity contribution >= 4 is 18.4 Å². The lowest BCUT2D eigenvalue weighted by Gasteiger charge is -2.10. The van der Waals surface area contributed by atoms with Crippen molar-refractivity contribution in [2.45, 2.75) is 25.3 Å². The van der Waals surface area contributed by atoms with Gasteiger partial charge in [-0.1, -0.05) is 0 Å². The smallest absolute Gasteiger partial charge is 0.326 e. The third-order valence-electron chi connectivity index (χ3n) is 2.68. The molecule has 2 rings (SSSR count). The summed E-state index contributed by atoms with van der Waals surface area (Å²) in [6, 6.07) is 0. The molecule has 2 fully saturated rings. The van der Waals surface area contributed by atoms with Gasteiger partial charge in [-0.25, -0.2) is 0 Å². The first-order valence-electron chi connectivity index (χ1n) is 4.22. The predicted molar refractivity (Wildman–Crippen MR) is 47.3 cm³/mol. The fraction of sp³-hybridized carbons (Fsp3) is 0.875. The molecule has 1 saturated heterocycles. The van der Waals surface area contributed by atoms with Crippen molar-refractivity contribution in [3.63, 3.8) is 0 Å². The monoisotopic (exact) mass is 191 g/mol. The van der Waals surface area contributed by atoms with Gasteiger partial charge in [0.2, 0.25) is 0 Å². The normalized spacial score (nSPS) is 36.6. The highest BCUT2D eigenvalue weighted by Gasteiger charge is 2.63. The van der Waals surface area contributed by atoms with Crippen LogP contribution in [0.4, 0.5) is 0 Å². The fourth-order valence-corrected chi connectivity index (χ4v) is 1.95. The van der Waals surface area contributed by atoms with Crippen molar-refractivity contribution in [1.82, 2.24) is 5.32 Å². The molecule has 3 nitrogen and oxygen atoms in total. The molecule has 1 heterocycles. The van der Waals surface area contributed by atoms with Gasteiger partial charge in [-0.3, -0.25) is 4.79 Å². The van der Waals surface area contributed by atoms with Crippen LogP contribution >= 0.6 is 12.4 Å². The predicted octanol–water partition coefficient (Wildman–Crippen LogP) is 0.723. The second kappa shape index (κ2) is 3.23. The van der Waals surface area contributed by atoms with Crippen molar-refractivity contribution in [2.24, 2.45) is 5.92 Å². The molecule has 70 valence electrons. The van der Waals surface area contributed by atoms with Crippen LogP contribution in [0.5, 0.6) is 0 Å². The van der Waals surface area contributed by atoms with Crippen molar-refractivity contribution < 1.29 is 9.53 Å². The van der Waals surface area contributed by atoms with Gasteiger partial charge in [0.05, 0.1) is 6.61 Å². The maximum Gasteiger partial charge on any atom is 0.326 e. The van der Waals surface area contributed by atoms with E-state index in [1.807, 2.05) is 6.92 Å². The minimum absolute atomic E-state index is 0. The van der Waals surface area contributed by atoms with Gasteiger partial charge in [-0.2, -0.15) is 0 Å². The molecule has 0 amide bonds. The summed E-state index contributed by atoms with van der Waals surface area (Å²) in [5, 5.41) is 3.22. The molecular weight excluding hydrogens is 178 g/mol. The highest BCUT2D eigenvalue weighted by molar-refractivity contribution is 5.86. The summed E-state index contributed by atoms with van der Waals surface area (Å²) in [5.74, 6) is 0.532. The van der Waals surface area contributed by atoms with Gasteiger partial charge >= 0.3 is 5.97 Å². The Morgan fingerprint density at radius 3 is 2.92 bits per heavy atom. The van der Waals surface area contributed by atoms with Crippen LogP contribution in [0, 0.1) is 5.92 Å². The molecule has 0 aromatic rings. The quantitative estimate of drug-likeness (QED) is 0.654. The number of ether oxygens (including phenoxy) is 1. The minimum Gasteiger partial charge on any atom is -0.465 e. The van der Waals surface area contributed by atoms with Crippen LogP contribution in [0.1, 0.15) is 19.8 Å². The molecule has 4 heteroatoms. The number of rotatable bonds is 2. The largest absolute Gasteiger partial charge is 0.465 e. The molecule has 0 unspecified atom stereocenters. The Bertz CT molecular complexity index is 197. The molecular formula is C8H14ClNO2. The molecule has 2 atom stereocenters. The number of hydrogen-bond acceptors (Lipinski definition) is 3. The van der Waals surface area contributed by atoms with E-state index in [1.54, 1.807) is 0 Å². The maximum atomic E-state index is 11.3. The summed E-state index contributed by atoms with van der Waals surface area (Å²) >= 11 is 0. The van der Waals surface area contributed by atoms with Crippen LogP contribution in [0.25, 0.3) is 0 Å². The molecule has 1 aliphatic carbocycles. The summed E-state index contributed by atoms with van der Waals surface area (Å²) < 4.78 is 4.97. The van der Waals surface area contributed by atoms with Crippen LogP contribution in [0.2, 0.25) is 0 Å². The van der Waals surface area contributed by atoms with Gasteiger partial charge in [-0.05, 0) is 32.2 Å². The van der Waals surface area contributed by atoms with E-state index < -0.39 is 0 Å². The van der Waals surface area contributed by atoms with E-state index in [-0.39, 0.29) is 23.9 Å². The van der Waals surface area contributed by atoms with Crippen LogP contribution < -0.4 is 5.32 Å². The molecule has 1 saturated carbocycles. The minimum atomic E-state index is -0.240. The molecule has 0 spiro atoms. The number of nitrogens with one attached hydrogen (secondary N) is 1. The van der Waals surface area contributed by atoms with Crippen molar-refractivity contribution in [3.8, 4) is 0 Å². The summed E-state index contributed by atoms with van der Waals surface area (Å²) in [7, 11) is 0. The third kappa shape index (κ3) is 1.21. The van der Waals surface area contributed by atoms with Crippen LogP contribution in [0.15, 0.2) is 0 Å². The Labute approximate surface area is 78.3 Å². The summed E-state index contributed by atoms with van der Waals surface area (Å²) in [6.45, 7) is 3.32. The van der Waals surface area contributed by atoms with Crippen LogP contribution in [-0.4, -0.2) is 24.7 Å². The Hall–Kier alpha value is -0.280. The standard InChI is InChI=1S/C8H13NO2.ClH/c1-2-11-7(10)8-5-6(8)3-4-9-8;/h6,9H,2-5H2,1H3;1H/t6-,8+;/m1./s1. The number of carbonyl (C=O) groups excluding carboxylic acids is 1. The molecule has 0 aromatic heterocycles. The lowest BCUT2D eigenvalue weighted by Crippen LogP contribution is -2.38. The average Bonchev–Trinajstić information content (AvgIpc) is 2.57. The number of fused-ring (bicyclic) bond motifs is 1. The Kier molecular flexibility index (Phi) is 2.64. The van der Waals surface area contributed by atoms with Gasteiger partial charge in [0.1, 0.15) is 5.54 Å². The molecule has 0 aromatic carbocycles. The lowest BCUT2D eigenvalue weighted by atomic mass is 10.2. The number of hydrogen-bond donors (Lipinski definition) is 1. The van der Waals surface area contributed by atoms with E-state index in [9.17, 15) is 4.79 Å². The second-order valence-electron chi connectivity index (χ2n) is 3.31. The zero-order valence-corrected chi connectivity index (χ0v) is 7.95. The number of piperidine rings is 1. The van der Waals surface area contributed by atoms with E-state index in [2.05, 4.69) is 5.32 Å². The van der Waals surface area contributed by atoms with Crippen molar-refractivity contribution in [2.75, 3.05) is 13.2 Å². The van der Waals surface area contributed by atoms with Crippen LogP contribution in [0.3, 0.4) is 0 Å². The van der Waals surface area contributed by atoms with E-state index >= 15 is 0 Å². The lowest BCUT2D eigenvalue weighted by molar-refractivity contribution is -0.146. The van der Waals surface area contributed by atoms with Gasteiger partial charge in [0.15, 0.2) is 0 Å². The third-order valence-corrected chi connectivity index (χ3v) is 2.68. The maximum absolute atomic E-state index is 11.3. The Morgan fingerprint density at radius 1 is 1.75 bits per heavy atom. The average molecular weight is 192 g/mol. The zero-order chi connectivity index (χ0) is 7.90. The topological polar surface area (TPSA) is 38.3 Å². The van der Waals surface area contributed by atoms with Gasteiger partial charge in [0.25, 0.3) is 0 Å². The van der Waals surface area contributed by atoms with Crippen molar-refractivity contribution in [3.05, 3.63) is 0 Å². The fourth-order valence-electron chi connectivity index (χ4n) is 1.95. The first-order valence-corrected chi connectivity index (χ1v) is 4.22. The summed E-state index contributed by atoms with van der Waals surface area (Å²) in [5.41, 5.74) is -0.240. The van der Waals surface area contributed by atoms with E-state index in [0.717, 1.165) is 19.4 Å². The number of esters is 1. The molecule has 12 heavy (non-hydrogen) atoms. The van der Waals surface area contributed by atoms with Crippen molar-refractivity contribution in [1.29, 1.82) is 0 Å². The highest BCUT2D eigenvalue weighted by atomic mass is 35.5. The van der Waals surface area contributed by atoms with Gasteiger partial charge in [0, 0.05) is 0 Å². The first kappa shape index (κ1) is 9.81. The summed E-state index contributed by atoms with van der Waals surface area (Å²) in [4.78, 5) is 11.3. The highest BCUT2D eigenvalue weighted by Crippen LogP contribution is 2.50. The molecule has 1 aliphatic heterocycles. The molecule has 0 radical (unpaired) electrons. The molecule has 1 N–H and O–H groups in total. The van der Waals surface area contributed by atoms with Crippen LogP contribution in [-0.2, 0) is 9.53 Å². The zero-order valence-electron chi connectivity index (χ0n) is 7.13. The van der Waals surface area contributed by atoms with Gasteiger partial charge < -0.3 is 10.1 Å².